The molecule has 0 amide bonds. The third kappa shape index (κ3) is 6.76. The average Bonchev–Trinajstić information content (AvgIpc) is 3.52. The SMILES string of the molecule is Cc1ccc2c(ccc(C=C3Sc4ccc(-n5cccc5)cc4N3CCCS(=O)(=O)[O-])[n+]2CCCS(=O)(=O)[O-])c1. The summed E-state index contributed by atoms with van der Waals surface area (Å²) in [7, 11) is -8.70. The second-order valence-electron chi connectivity index (χ2n) is 9.68. The Balaban J connectivity index is 1.56. The van der Waals surface area contributed by atoms with Crippen LogP contribution in [0.25, 0.3) is 22.7 Å². The van der Waals surface area contributed by atoms with Crippen LogP contribution in [0.5, 0.6) is 0 Å². The van der Waals surface area contributed by atoms with Crippen molar-refractivity contribution in [2.75, 3.05) is 23.0 Å². The first kappa shape index (κ1) is 28.4. The smallest absolute Gasteiger partial charge is 0.212 e. The van der Waals surface area contributed by atoms with Crippen molar-refractivity contribution in [3.8, 4) is 5.69 Å². The lowest BCUT2D eigenvalue weighted by atomic mass is 10.1. The van der Waals surface area contributed by atoms with Crippen LogP contribution in [0.1, 0.15) is 24.1 Å². The molecule has 0 aliphatic carbocycles. The number of hydrogen-bond acceptors (Lipinski definition) is 8. The molecule has 0 saturated carbocycles. The summed E-state index contributed by atoms with van der Waals surface area (Å²) in [5.74, 6) is -0.927. The number of pyridine rings is 1. The van der Waals surface area contributed by atoms with Crippen molar-refractivity contribution in [2.24, 2.45) is 0 Å². The Morgan fingerprint density at radius 3 is 2.35 bits per heavy atom. The van der Waals surface area contributed by atoms with Gasteiger partial charge in [0.15, 0.2) is 6.54 Å². The normalized spacial score (nSPS) is 14.8. The molecular weight excluding hydrogens is 571 g/mol. The van der Waals surface area contributed by atoms with Crippen LogP contribution in [-0.2, 0) is 26.8 Å². The van der Waals surface area contributed by atoms with Gasteiger partial charge in [0.25, 0.3) is 0 Å². The predicted octanol–water partition coefficient (Wildman–Crippen LogP) is 4.01. The summed E-state index contributed by atoms with van der Waals surface area (Å²) in [5, 5.41) is 1.84. The van der Waals surface area contributed by atoms with Gasteiger partial charge in [-0.25, -0.2) is 16.8 Å². The zero-order chi connectivity index (χ0) is 28.5. The quantitative estimate of drug-likeness (QED) is 0.198. The average molecular weight is 599 g/mol. The second-order valence-corrected chi connectivity index (χ2v) is 13.8. The lowest BCUT2D eigenvalue weighted by molar-refractivity contribution is -0.673. The number of benzene rings is 2. The van der Waals surface area contributed by atoms with Crippen molar-refractivity contribution in [1.82, 2.24) is 4.57 Å². The van der Waals surface area contributed by atoms with Gasteiger partial charge in [0.1, 0.15) is 0 Å². The lowest BCUT2D eigenvalue weighted by Crippen LogP contribution is -2.39. The molecule has 1 aliphatic rings. The Labute approximate surface area is 238 Å². The molecule has 0 fully saturated rings. The van der Waals surface area contributed by atoms with E-state index in [1.807, 2.05) is 100 Å². The minimum absolute atomic E-state index is 0.162. The largest absolute Gasteiger partial charge is 0.748 e. The number of aromatic nitrogens is 2. The van der Waals surface area contributed by atoms with E-state index in [-0.39, 0.29) is 12.8 Å². The van der Waals surface area contributed by atoms with Crippen LogP contribution in [0.2, 0.25) is 0 Å². The molecule has 2 aromatic heterocycles. The summed E-state index contributed by atoms with van der Waals surface area (Å²) in [6.07, 6.45) is 6.19. The van der Waals surface area contributed by atoms with Crippen LogP contribution in [0.15, 0.2) is 83.0 Å². The van der Waals surface area contributed by atoms with Gasteiger partial charge in [0.2, 0.25) is 11.2 Å². The molecule has 210 valence electrons. The number of fused-ring (bicyclic) bond motifs is 2. The van der Waals surface area contributed by atoms with E-state index < -0.39 is 31.7 Å². The fraction of sp³-hybridized carbons (Fsp3) is 0.250. The number of thioether (sulfide) groups is 1. The van der Waals surface area contributed by atoms with Crippen LogP contribution in [0.3, 0.4) is 0 Å². The van der Waals surface area contributed by atoms with Gasteiger partial charge >= 0.3 is 0 Å². The molecule has 0 spiro atoms. The van der Waals surface area contributed by atoms with E-state index in [0.717, 1.165) is 43.5 Å². The van der Waals surface area contributed by atoms with Gasteiger partial charge in [0, 0.05) is 71.0 Å². The third-order valence-corrected chi connectivity index (χ3v) is 9.35. The van der Waals surface area contributed by atoms with Gasteiger partial charge in [-0.2, -0.15) is 4.57 Å². The van der Waals surface area contributed by atoms with E-state index in [1.165, 1.54) is 11.8 Å². The van der Waals surface area contributed by atoms with Gasteiger partial charge in [-0.05, 0) is 55.8 Å². The summed E-state index contributed by atoms with van der Waals surface area (Å²) < 4.78 is 71.9. The second kappa shape index (κ2) is 11.4. The zero-order valence-electron chi connectivity index (χ0n) is 21.8. The minimum Gasteiger partial charge on any atom is -0.748 e. The summed E-state index contributed by atoms with van der Waals surface area (Å²) in [6.45, 7) is 2.65. The van der Waals surface area contributed by atoms with Crippen molar-refractivity contribution in [2.45, 2.75) is 31.2 Å². The van der Waals surface area contributed by atoms with Gasteiger partial charge < -0.3 is 18.6 Å². The maximum atomic E-state index is 11.3. The van der Waals surface area contributed by atoms with E-state index in [1.54, 1.807) is 0 Å². The maximum Gasteiger partial charge on any atom is 0.212 e. The van der Waals surface area contributed by atoms with E-state index >= 15 is 0 Å². The van der Waals surface area contributed by atoms with Gasteiger partial charge in [-0.3, -0.25) is 0 Å². The van der Waals surface area contributed by atoms with E-state index in [4.69, 9.17) is 0 Å². The van der Waals surface area contributed by atoms with Crippen LogP contribution in [0.4, 0.5) is 5.69 Å². The molecule has 0 bridgehead atoms. The molecule has 12 heteroatoms. The standard InChI is InChI=1S/C28H29N3O6S3/c1-21-6-10-25-22(18-21)7-8-24(30(25)14-4-16-39(32,33)34)20-28-31(15-5-17-40(35,36)37)26-19-23(9-11-27(26)38-28)29-12-2-3-13-29/h2-3,6-13,18-20H,4-5,14-17H2,1H3,(H-,32,33,34,35,36,37)/p-1. The van der Waals surface area contributed by atoms with E-state index in [9.17, 15) is 25.9 Å². The fourth-order valence-electron chi connectivity index (χ4n) is 4.85. The molecule has 1 aliphatic heterocycles. The number of anilines is 1. The Morgan fingerprint density at radius 2 is 1.62 bits per heavy atom. The highest BCUT2D eigenvalue weighted by Crippen LogP contribution is 2.47. The number of rotatable bonds is 10. The molecule has 2 aromatic carbocycles. The molecule has 0 saturated heterocycles. The molecule has 0 unspecified atom stereocenters. The van der Waals surface area contributed by atoms with Crippen LogP contribution < -0.4 is 9.47 Å². The summed E-state index contributed by atoms with van der Waals surface area (Å²) in [5.41, 5.74) is 4.66. The Morgan fingerprint density at radius 1 is 0.900 bits per heavy atom. The van der Waals surface area contributed by atoms with Crippen LogP contribution in [0, 0.1) is 6.92 Å². The number of hydrogen-bond donors (Lipinski definition) is 0. The van der Waals surface area contributed by atoms with Crippen molar-refractivity contribution >= 4 is 54.7 Å². The maximum absolute atomic E-state index is 11.3. The van der Waals surface area contributed by atoms with Gasteiger partial charge in [-0.1, -0.05) is 23.4 Å². The first-order valence-corrected chi connectivity index (χ1v) is 16.7. The van der Waals surface area contributed by atoms with Gasteiger partial charge in [-0.15, -0.1) is 0 Å². The Kier molecular flexibility index (Phi) is 8.07. The minimum atomic E-state index is -4.36. The topological polar surface area (TPSA) is 126 Å². The Bertz CT molecular complexity index is 1800. The molecular formula is C28H28N3O6S3-. The van der Waals surface area contributed by atoms with Crippen LogP contribution >= 0.6 is 11.8 Å². The van der Waals surface area contributed by atoms with E-state index in [2.05, 4.69) is 0 Å². The first-order valence-electron chi connectivity index (χ1n) is 12.7. The molecule has 0 radical (unpaired) electrons. The zero-order valence-corrected chi connectivity index (χ0v) is 24.2. The molecule has 0 atom stereocenters. The first-order chi connectivity index (χ1) is 19.0. The highest BCUT2D eigenvalue weighted by atomic mass is 32.2. The van der Waals surface area contributed by atoms with E-state index in [0.29, 0.717) is 13.1 Å². The highest BCUT2D eigenvalue weighted by Gasteiger charge is 2.27. The van der Waals surface area contributed by atoms with Crippen LogP contribution in [-0.4, -0.2) is 48.6 Å². The molecule has 0 N–H and O–H groups in total. The monoisotopic (exact) mass is 598 g/mol. The number of aryl methyl sites for hydroxylation is 2. The molecule has 9 nitrogen and oxygen atoms in total. The predicted molar refractivity (Wildman–Crippen MR) is 154 cm³/mol. The summed E-state index contributed by atoms with van der Waals surface area (Å²) in [6, 6.07) is 19.9. The Hall–Kier alpha value is -3.16. The molecule has 40 heavy (non-hydrogen) atoms. The lowest BCUT2D eigenvalue weighted by Gasteiger charge is -2.21. The molecule has 5 rings (SSSR count). The number of nitrogens with zero attached hydrogens (tertiary/aromatic N) is 3. The van der Waals surface area contributed by atoms with Crippen molar-refractivity contribution in [1.29, 1.82) is 0 Å². The van der Waals surface area contributed by atoms with Crippen molar-refractivity contribution in [3.63, 3.8) is 0 Å². The summed E-state index contributed by atoms with van der Waals surface area (Å²) in [4.78, 5) is 3.01. The van der Waals surface area contributed by atoms with Crippen molar-refractivity contribution < 1.29 is 30.5 Å². The highest BCUT2D eigenvalue weighted by molar-refractivity contribution is 8.03. The van der Waals surface area contributed by atoms with Crippen molar-refractivity contribution in [3.05, 3.63) is 89.3 Å². The molecule has 4 aromatic rings. The fourth-order valence-corrected chi connectivity index (χ4v) is 6.93. The molecule has 3 heterocycles. The van der Waals surface area contributed by atoms with Gasteiger partial charge in [0.05, 0.1) is 31.0 Å². The third-order valence-electron chi connectivity index (χ3n) is 6.66. The summed E-state index contributed by atoms with van der Waals surface area (Å²) >= 11 is 1.54.